The highest BCUT2D eigenvalue weighted by Gasteiger charge is 2.47. The van der Waals surface area contributed by atoms with Gasteiger partial charge in [-0.25, -0.2) is 19.0 Å². The number of benzene rings is 2. The number of ketones is 5. The number of imide groups is 2. The number of rotatable bonds is 30. The first-order valence-corrected chi connectivity index (χ1v) is 50.7. The molecule has 2 unspecified atom stereocenters. The van der Waals surface area contributed by atoms with Gasteiger partial charge in [0, 0.05) is 164 Å². The van der Waals surface area contributed by atoms with Crippen LogP contribution in [0.1, 0.15) is 163 Å². The number of aliphatic hydroxyl groups excluding tert-OH is 1. The molecule has 51 heteroatoms. The van der Waals surface area contributed by atoms with Crippen LogP contribution in [0.2, 0.25) is 0 Å². The second kappa shape index (κ2) is 55.8. The van der Waals surface area contributed by atoms with Crippen LogP contribution >= 0.6 is 0 Å². The molecule has 145 heavy (non-hydrogen) atoms. The van der Waals surface area contributed by atoms with Crippen LogP contribution in [-0.4, -0.2) is 331 Å². The highest BCUT2D eigenvalue weighted by Crippen LogP contribution is 2.44. The molecule has 0 saturated heterocycles. The zero-order valence-corrected chi connectivity index (χ0v) is 83.8. The van der Waals surface area contributed by atoms with E-state index in [-0.39, 0.29) is 188 Å². The summed E-state index contributed by atoms with van der Waals surface area (Å²) in [6.07, 6.45) is 3.48. The van der Waals surface area contributed by atoms with E-state index < -0.39 is 246 Å². The first kappa shape index (κ1) is 115. The number of aliphatic hydroxyl groups is 1. The lowest BCUT2D eigenvalue weighted by molar-refractivity contribution is -0.143. The molecule has 2 aromatic rings. The van der Waals surface area contributed by atoms with E-state index in [4.69, 9.17) is 33.2 Å². The molecule has 0 saturated carbocycles. The number of methoxy groups -OCH3 is 3. The fraction of sp³-hybridized carbons (Fsp3) is 0.574. The van der Waals surface area contributed by atoms with Crippen LogP contribution in [0.3, 0.4) is 0 Å². The number of carbonyl (C=O) groups excluding carboxylic acids is 20. The molecule has 9 rings (SSSR count). The number of hydrogen-bond donors (Lipinski definition) is 13. The minimum atomic E-state index is -5.16. The molecule has 4 bridgehead atoms. The van der Waals surface area contributed by atoms with Crippen molar-refractivity contribution >= 4 is 150 Å². The molecule has 6 heterocycles. The highest BCUT2D eigenvalue weighted by atomic mass is 32.2. The van der Waals surface area contributed by atoms with Gasteiger partial charge >= 0.3 is 32.5 Å². The number of hydrogen-bond acceptors (Lipinski definition) is 32. The number of ether oxygens (including phenoxy) is 7. The van der Waals surface area contributed by atoms with E-state index in [1.165, 1.54) is 70.4 Å². The van der Waals surface area contributed by atoms with Gasteiger partial charge in [-0.05, 0) is 109 Å². The third-order valence-electron chi connectivity index (χ3n) is 24.6. The molecule has 17 amide bonds. The Morgan fingerprint density at radius 1 is 0.538 bits per heavy atom. The molecule has 794 valence electrons. The number of urea groups is 2. The Morgan fingerprint density at radius 2 is 1.06 bits per heavy atom. The Labute approximate surface area is 838 Å². The first-order chi connectivity index (χ1) is 69.0. The van der Waals surface area contributed by atoms with Crippen LogP contribution in [0, 0.1) is 36.5 Å². The molecule has 7 aliphatic rings. The van der Waals surface area contributed by atoms with Crippen LogP contribution in [0.15, 0.2) is 71.9 Å². The van der Waals surface area contributed by atoms with Gasteiger partial charge < -0.3 is 85.7 Å². The van der Waals surface area contributed by atoms with Crippen LogP contribution in [-0.2, 0) is 116 Å². The standard InChI is InChI=1S/C94H129N17O32S2/c1-55-39-60-52-108-68-47-74(57(3)42-63(68)87(125)62(60)40-55)142-31-14-9-15-32-143-76-48-69-64(46-75(76)139-8)91(129)107-51-56(2)41-70(107)92(130)111(69)94(132)106-145(135,136)101-50-80(119)103-66(17-10-12-26-95-77(116)24-33-140-37-35-137-6)72(114)43-58(4)88(126)97-28-16-19-71(113)65(45-61(112)53-109-82(121)20-21-83(109)122)86(104-81(120)54-110-84(123)22-23-85(110)124)90(128)99-30-29-98-89(127)59(5)44-73(115)67(102-79(118)49-100-144(133,134)105-93(108)131)18-11-13-27-96-78(117)25-34-141-38-36-138-7/h20-23,39,41-42,46-48,58-60,62,65-67,70,86,92,100-101,130H,9-19,24-38,40,43-45,49-54H2,1-8H3,(H,95,116)(H,96,117)(H,97,126)(H,98,127)(H,99,128)(H,102,118)(H,103,119)(H,104,120)(H,105,131)(H,106,132)/t58-,59-,60-,62?,65+,66+,67+,70-,86-,92?/m0/s1. The predicted molar refractivity (Wildman–Crippen MR) is 514 cm³/mol. The van der Waals surface area contributed by atoms with Crippen molar-refractivity contribution in [1.29, 1.82) is 0 Å². The molecule has 0 spiro atoms. The van der Waals surface area contributed by atoms with E-state index in [2.05, 4.69) is 42.5 Å². The summed E-state index contributed by atoms with van der Waals surface area (Å²) in [5, 5.41) is 32.5. The summed E-state index contributed by atoms with van der Waals surface area (Å²) in [5.41, 5.74) is 1.39. The summed E-state index contributed by atoms with van der Waals surface area (Å²) >= 11 is 0. The molecule has 6 aliphatic heterocycles. The van der Waals surface area contributed by atoms with Crippen molar-refractivity contribution in [1.82, 2.24) is 76.1 Å². The summed E-state index contributed by atoms with van der Waals surface area (Å²) < 4.78 is 103. The number of nitrogens with one attached hydrogen (secondary N) is 12. The number of unbranched alkanes of at least 4 members (excludes halogenated alkanes) is 2. The summed E-state index contributed by atoms with van der Waals surface area (Å²) in [6, 6.07) is -3.63. The van der Waals surface area contributed by atoms with E-state index in [1.807, 2.05) is 27.2 Å². The van der Waals surface area contributed by atoms with Gasteiger partial charge in [0.1, 0.15) is 24.1 Å². The first-order valence-electron chi connectivity index (χ1n) is 47.8. The zero-order valence-electron chi connectivity index (χ0n) is 82.2. The maximum absolute atomic E-state index is 14.8. The Morgan fingerprint density at radius 3 is 1.60 bits per heavy atom. The van der Waals surface area contributed by atoms with Crippen molar-refractivity contribution in [2.24, 2.45) is 29.6 Å². The number of carbonyl (C=O) groups is 20. The second-order valence-electron chi connectivity index (χ2n) is 35.9. The number of allylic oxidation sites excluding steroid dienone is 1. The van der Waals surface area contributed by atoms with Crippen molar-refractivity contribution in [2.45, 2.75) is 174 Å². The minimum Gasteiger partial charge on any atom is -0.493 e. The van der Waals surface area contributed by atoms with Crippen LogP contribution < -0.4 is 85.4 Å². The number of Topliss-reactive ketones (excluding diaryl/α,β-unsaturated/α-hetero) is 5. The summed E-state index contributed by atoms with van der Waals surface area (Å²) in [6.45, 7) is 3.39. The van der Waals surface area contributed by atoms with Gasteiger partial charge in [-0.1, -0.05) is 37.1 Å². The van der Waals surface area contributed by atoms with Gasteiger partial charge in [0.05, 0.1) is 121 Å². The molecule has 13 N–H and O–H groups in total. The molecule has 0 fully saturated rings. The van der Waals surface area contributed by atoms with Crippen molar-refractivity contribution in [2.75, 3.05) is 156 Å². The van der Waals surface area contributed by atoms with Gasteiger partial charge in [0.25, 0.3) is 29.5 Å². The van der Waals surface area contributed by atoms with Crippen LogP contribution in [0.25, 0.3) is 0 Å². The average molecular weight is 2070 g/mol. The van der Waals surface area contributed by atoms with E-state index in [0.29, 0.717) is 64.7 Å². The zero-order chi connectivity index (χ0) is 106. The number of anilines is 2. The fourth-order valence-corrected chi connectivity index (χ4v) is 18.4. The lowest BCUT2D eigenvalue weighted by atomic mass is 9.86. The lowest BCUT2D eigenvalue weighted by Gasteiger charge is -2.31. The summed E-state index contributed by atoms with van der Waals surface area (Å²) in [5.74, 6) is -20.8. The number of aryl methyl sites for hydroxylation is 1. The van der Waals surface area contributed by atoms with Gasteiger partial charge in [-0.2, -0.15) is 26.3 Å². The number of fused-ring (bicyclic) bond motifs is 4. The van der Waals surface area contributed by atoms with E-state index >= 15 is 0 Å². The van der Waals surface area contributed by atoms with Gasteiger partial charge in [-0.3, -0.25) is 106 Å². The predicted octanol–water partition coefficient (Wildman–Crippen LogP) is -1.32. The molecule has 0 radical (unpaired) electrons. The Balaban J connectivity index is 0.988. The Hall–Kier alpha value is -13.2. The topological polar surface area (TPSA) is 655 Å². The fourth-order valence-electron chi connectivity index (χ4n) is 16.9. The number of nitrogens with zero attached hydrogens (tertiary/aromatic N) is 5. The maximum atomic E-state index is 14.8. The van der Waals surface area contributed by atoms with E-state index in [9.17, 15) is 118 Å². The molecule has 0 aromatic heterocycles. The molecular formula is C94H129N17O32S2. The minimum absolute atomic E-state index is 0.00449. The third kappa shape index (κ3) is 34.5. The van der Waals surface area contributed by atoms with Crippen LogP contribution in [0.4, 0.5) is 21.0 Å². The summed E-state index contributed by atoms with van der Waals surface area (Å²) in [4.78, 5) is 281. The van der Waals surface area contributed by atoms with E-state index in [1.54, 1.807) is 18.6 Å². The number of amides is 17. The molecule has 49 nitrogen and oxygen atoms in total. The van der Waals surface area contributed by atoms with Crippen LogP contribution in [0.5, 0.6) is 17.2 Å². The third-order valence-corrected chi connectivity index (χ3v) is 26.5. The van der Waals surface area contributed by atoms with Gasteiger partial charge in [0.2, 0.25) is 47.3 Å². The molecule has 10 atom stereocenters. The molecule has 2 aromatic carbocycles. The Kier molecular flexibility index (Phi) is 44.4. The SMILES string of the molecule is COCCOCCC(=O)NCCCC[C@H]1NC(=O)CNS(=O)(=O)NC(=O)N2C[C@@H]3C=C(C)CC3C(=O)c3cc(C)c(cc32)OCCCCCOc2cc3c(cc2OC)C(=O)N2CC(C)=C[C@H]2C(O)N3C(=O)NS(=O)(=O)NCC(=O)N[C@H](CCCCNC(=O)CCOCCOC)C(=O)C[C@H](C)C(=O)NCCCC(=O)[C@@H](CC(=O)CN2C(=O)C=CC2=O)[C@H](NC(=O)CN2C(=O)C=CC2=O)C(=O)NCCNC(=O)[C@@H](C)CC1=O. The molecular weight excluding hydrogens is 1940 g/mol. The normalized spacial score (nSPS) is 23.6. The monoisotopic (exact) mass is 2070 g/mol. The smallest absolute Gasteiger partial charge is 0.338 e. The van der Waals surface area contributed by atoms with Gasteiger partial charge in [0.15, 0.2) is 40.9 Å². The van der Waals surface area contributed by atoms with Crippen molar-refractivity contribution < 1.29 is 151 Å². The quantitative estimate of drug-likeness (QED) is 0.0245. The van der Waals surface area contributed by atoms with Crippen molar-refractivity contribution in [3.63, 3.8) is 0 Å². The maximum Gasteiger partial charge on any atom is 0.338 e. The van der Waals surface area contributed by atoms with E-state index in [0.717, 1.165) is 34.8 Å². The largest absolute Gasteiger partial charge is 0.493 e. The second-order valence-corrected chi connectivity index (χ2v) is 38.9. The lowest BCUT2D eigenvalue weighted by Crippen LogP contribution is -2.56. The highest BCUT2D eigenvalue weighted by molar-refractivity contribution is 7.88. The Bertz CT molecular complexity index is 5460. The van der Waals surface area contributed by atoms with Crippen molar-refractivity contribution in [3.05, 3.63) is 88.6 Å². The molecule has 1 aliphatic carbocycles. The van der Waals surface area contributed by atoms with Crippen molar-refractivity contribution in [3.8, 4) is 17.2 Å². The van der Waals surface area contributed by atoms with Gasteiger partial charge in [-0.15, -0.1) is 0 Å². The summed E-state index contributed by atoms with van der Waals surface area (Å²) in [7, 11) is -5.93. The average Bonchev–Trinajstić information content (AvgIpc) is 1.61.